The fraction of sp³-hybridized carbons (Fsp3) is 0.405. The van der Waals surface area contributed by atoms with Crippen molar-refractivity contribution < 1.29 is 27.5 Å². The second-order valence-corrected chi connectivity index (χ2v) is 14.7. The smallest absolute Gasteiger partial charge is 0.247 e. The molecule has 1 heterocycles. The van der Waals surface area contributed by atoms with E-state index in [0.29, 0.717) is 35.5 Å². The Bertz CT molecular complexity index is 1720. The normalized spacial score (nSPS) is 17.6. The van der Waals surface area contributed by atoms with E-state index >= 15 is 0 Å². The number of likely N-dealkylation sites (N-methyl/N-ethyl adjacent to an activating group) is 1. The molecule has 0 radical (unpaired) electrons. The van der Waals surface area contributed by atoms with Gasteiger partial charge in [0, 0.05) is 13.1 Å². The van der Waals surface area contributed by atoms with Crippen LogP contribution in [0.1, 0.15) is 64.0 Å². The van der Waals surface area contributed by atoms with E-state index in [2.05, 4.69) is 10.0 Å². The van der Waals surface area contributed by atoms with Gasteiger partial charge in [-0.25, -0.2) is 13.1 Å². The van der Waals surface area contributed by atoms with Crippen LogP contribution < -0.4 is 20.5 Å². The van der Waals surface area contributed by atoms with Crippen molar-refractivity contribution in [2.45, 2.75) is 76.6 Å². The molecule has 1 fully saturated rings. The SMILES string of the molecule is CCN(CC1=C(c2cccc(Oc3ccccc3)c2)S(=O)(=O)NC12CCCCC2)C(=O)[C@@H](COCc1ccccc1)NC(=O)C(C)(C)N. The van der Waals surface area contributed by atoms with E-state index in [1.165, 1.54) is 0 Å². The summed E-state index contributed by atoms with van der Waals surface area (Å²) in [6.07, 6.45) is 3.96. The van der Waals surface area contributed by atoms with Crippen LogP contribution in [0.25, 0.3) is 4.91 Å². The Balaban J connectivity index is 1.49. The molecule has 0 saturated heterocycles. The van der Waals surface area contributed by atoms with Crippen LogP contribution in [-0.2, 0) is 31.0 Å². The molecule has 3 aromatic carbocycles. The monoisotopic (exact) mass is 674 g/mol. The molecule has 1 aliphatic heterocycles. The van der Waals surface area contributed by atoms with Crippen molar-refractivity contribution in [3.63, 3.8) is 0 Å². The maximum absolute atomic E-state index is 14.3. The Labute approximate surface area is 283 Å². The first-order valence-electron chi connectivity index (χ1n) is 16.5. The highest BCUT2D eigenvalue weighted by Crippen LogP contribution is 2.46. The molecular weight excluding hydrogens is 628 g/mol. The summed E-state index contributed by atoms with van der Waals surface area (Å²) in [4.78, 5) is 29.1. The van der Waals surface area contributed by atoms with Crippen molar-refractivity contribution >= 4 is 26.7 Å². The molecule has 1 saturated carbocycles. The minimum atomic E-state index is -3.94. The summed E-state index contributed by atoms with van der Waals surface area (Å²) in [6, 6.07) is 24.8. The number of hydrogen-bond acceptors (Lipinski definition) is 7. The number of nitrogens with one attached hydrogen (secondary N) is 2. The van der Waals surface area contributed by atoms with Gasteiger partial charge in [-0.05, 0) is 74.6 Å². The molecule has 10 nitrogen and oxygen atoms in total. The zero-order valence-electron chi connectivity index (χ0n) is 27.9. The first-order valence-corrected chi connectivity index (χ1v) is 18.0. The first kappa shape index (κ1) is 35.3. The molecule has 0 aromatic heterocycles. The van der Waals surface area contributed by atoms with Crippen LogP contribution in [0.2, 0.25) is 0 Å². The summed E-state index contributed by atoms with van der Waals surface area (Å²) in [5.74, 6) is 0.248. The third-order valence-corrected chi connectivity index (χ3v) is 10.5. The Morgan fingerprint density at radius 1 is 0.958 bits per heavy atom. The van der Waals surface area contributed by atoms with Crippen molar-refractivity contribution in [3.8, 4) is 11.5 Å². The number of para-hydroxylation sites is 1. The molecule has 5 rings (SSSR count). The van der Waals surface area contributed by atoms with Gasteiger partial charge < -0.3 is 25.4 Å². The van der Waals surface area contributed by atoms with Gasteiger partial charge >= 0.3 is 0 Å². The highest BCUT2D eigenvalue weighted by molar-refractivity contribution is 7.99. The number of amides is 2. The molecule has 1 atom stereocenters. The Hall–Kier alpha value is -4.03. The predicted octanol–water partition coefficient (Wildman–Crippen LogP) is 5.11. The summed E-state index contributed by atoms with van der Waals surface area (Å²) in [6.45, 7) is 5.48. The van der Waals surface area contributed by atoms with Gasteiger partial charge in [0.1, 0.15) is 17.5 Å². The number of nitrogens with zero attached hydrogens (tertiary/aromatic N) is 1. The largest absolute Gasteiger partial charge is 0.457 e. The molecule has 1 spiro atoms. The molecule has 2 aliphatic rings. The van der Waals surface area contributed by atoms with Crippen molar-refractivity contribution in [3.05, 3.63) is 102 Å². The number of benzene rings is 3. The second kappa shape index (κ2) is 15.0. The van der Waals surface area contributed by atoms with E-state index in [9.17, 15) is 18.0 Å². The van der Waals surface area contributed by atoms with Crippen LogP contribution in [0.3, 0.4) is 0 Å². The van der Waals surface area contributed by atoms with Gasteiger partial charge in [0.25, 0.3) is 0 Å². The molecule has 3 aromatic rings. The zero-order valence-corrected chi connectivity index (χ0v) is 28.7. The number of carbonyl (C=O) groups excluding carboxylic acids is 2. The van der Waals surface area contributed by atoms with Crippen molar-refractivity contribution in [1.82, 2.24) is 14.9 Å². The van der Waals surface area contributed by atoms with Gasteiger partial charge in [-0.1, -0.05) is 79.9 Å². The lowest BCUT2D eigenvalue weighted by Gasteiger charge is -2.38. The summed E-state index contributed by atoms with van der Waals surface area (Å²) in [5, 5.41) is 2.80. The van der Waals surface area contributed by atoms with Crippen LogP contribution in [0, 0.1) is 0 Å². The molecule has 4 N–H and O–H groups in total. The van der Waals surface area contributed by atoms with Crippen LogP contribution in [0.15, 0.2) is 90.5 Å². The van der Waals surface area contributed by atoms with E-state index in [1.807, 2.05) is 67.6 Å². The number of nitrogens with two attached hydrogens (primary N) is 1. The topological polar surface area (TPSA) is 140 Å². The van der Waals surface area contributed by atoms with Gasteiger partial charge in [0.2, 0.25) is 21.8 Å². The Kier molecular flexibility index (Phi) is 11.0. The third-order valence-electron chi connectivity index (χ3n) is 8.86. The fourth-order valence-corrected chi connectivity index (χ4v) is 8.30. The quantitative estimate of drug-likeness (QED) is 0.229. The molecular formula is C37H46N4O6S. The van der Waals surface area contributed by atoms with Gasteiger partial charge in [-0.3, -0.25) is 9.59 Å². The molecule has 0 bridgehead atoms. The predicted molar refractivity (Wildman–Crippen MR) is 186 cm³/mol. The van der Waals surface area contributed by atoms with Gasteiger partial charge in [0.05, 0.1) is 29.2 Å². The van der Waals surface area contributed by atoms with Crippen molar-refractivity contribution in [2.75, 3.05) is 19.7 Å². The van der Waals surface area contributed by atoms with Crippen LogP contribution in [0.5, 0.6) is 11.5 Å². The van der Waals surface area contributed by atoms with E-state index in [0.717, 1.165) is 24.8 Å². The number of hydrogen-bond donors (Lipinski definition) is 3. The maximum Gasteiger partial charge on any atom is 0.247 e. The first-order chi connectivity index (χ1) is 22.9. The lowest BCUT2D eigenvalue weighted by molar-refractivity contribution is -0.139. The highest BCUT2D eigenvalue weighted by atomic mass is 32.2. The average Bonchev–Trinajstić information content (AvgIpc) is 3.27. The minimum Gasteiger partial charge on any atom is -0.457 e. The van der Waals surface area contributed by atoms with E-state index in [1.54, 1.807) is 43.0 Å². The lowest BCUT2D eigenvalue weighted by Crippen LogP contribution is -2.58. The summed E-state index contributed by atoms with van der Waals surface area (Å²) < 4.78 is 43.1. The number of sulfonamides is 1. The molecule has 2 amide bonds. The van der Waals surface area contributed by atoms with Gasteiger partial charge in [-0.2, -0.15) is 0 Å². The number of rotatable bonds is 13. The fourth-order valence-electron chi connectivity index (χ4n) is 6.33. The van der Waals surface area contributed by atoms with Crippen LogP contribution >= 0.6 is 0 Å². The van der Waals surface area contributed by atoms with Crippen molar-refractivity contribution in [2.24, 2.45) is 5.73 Å². The van der Waals surface area contributed by atoms with E-state index in [-0.39, 0.29) is 37.1 Å². The summed E-state index contributed by atoms with van der Waals surface area (Å²) in [7, 11) is -3.94. The summed E-state index contributed by atoms with van der Waals surface area (Å²) in [5.41, 5.74) is 6.09. The van der Waals surface area contributed by atoms with Gasteiger partial charge in [0.15, 0.2) is 0 Å². The minimum absolute atomic E-state index is 0.0533. The highest BCUT2D eigenvalue weighted by Gasteiger charge is 2.50. The lowest BCUT2D eigenvalue weighted by atomic mass is 9.76. The molecule has 48 heavy (non-hydrogen) atoms. The van der Waals surface area contributed by atoms with Crippen molar-refractivity contribution in [1.29, 1.82) is 0 Å². The number of carbonyl (C=O) groups is 2. The molecule has 256 valence electrons. The molecule has 11 heteroatoms. The third kappa shape index (κ3) is 8.33. The number of ether oxygens (including phenoxy) is 2. The average molecular weight is 675 g/mol. The van der Waals surface area contributed by atoms with Gasteiger partial charge in [-0.15, -0.1) is 0 Å². The standard InChI is InChI=1S/C37H46N4O6S/c1-4-41(34(42)32(39-35(43)36(2,3)38)26-46-25-27-15-8-5-9-16-27)24-31-33(48(44,45)40-37(31)21-12-7-13-22-37)28-17-14-20-30(23-28)47-29-18-10-6-11-19-29/h5-6,8-11,14-20,23,32,40H,4,7,12-13,21-22,24-26,38H2,1-3H3,(H,39,43)/t32-/m1/s1. The maximum atomic E-state index is 14.3. The van der Waals surface area contributed by atoms with Crippen LogP contribution in [-0.4, -0.2) is 61.9 Å². The van der Waals surface area contributed by atoms with Crippen LogP contribution in [0.4, 0.5) is 0 Å². The second-order valence-electron chi connectivity index (χ2n) is 13.1. The van der Waals surface area contributed by atoms with E-state index in [4.69, 9.17) is 15.2 Å². The Morgan fingerprint density at radius 2 is 1.60 bits per heavy atom. The zero-order chi connectivity index (χ0) is 34.4. The summed E-state index contributed by atoms with van der Waals surface area (Å²) >= 11 is 0. The molecule has 1 aliphatic carbocycles. The Morgan fingerprint density at radius 3 is 2.25 bits per heavy atom. The van der Waals surface area contributed by atoms with E-state index < -0.39 is 33.1 Å². The molecule has 0 unspecified atom stereocenters.